The van der Waals surface area contributed by atoms with Crippen molar-refractivity contribution in [1.82, 2.24) is 4.98 Å². The van der Waals surface area contributed by atoms with Crippen LogP contribution in [0.25, 0.3) is 22.0 Å². The first-order valence-electron chi connectivity index (χ1n) is 6.94. The number of aromatic nitrogens is 1. The van der Waals surface area contributed by atoms with E-state index in [1.807, 2.05) is 24.4 Å². The Balaban J connectivity index is 2.12. The van der Waals surface area contributed by atoms with E-state index in [1.165, 1.54) is 12.1 Å². The number of aromatic amines is 1. The summed E-state index contributed by atoms with van der Waals surface area (Å²) in [5, 5.41) is 10.1. The first kappa shape index (κ1) is 15.1. The van der Waals surface area contributed by atoms with Crippen molar-refractivity contribution in [1.29, 1.82) is 0 Å². The van der Waals surface area contributed by atoms with E-state index in [0.29, 0.717) is 6.42 Å². The van der Waals surface area contributed by atoms with Gasteiger partial charge in [0.05, 0.1) is 0 Å². The number of benzene rings is 2. The lowest BCUT2D eigenvalue weighted by atomic mass is 10.0. The topological polar surface area (TPSA) is 59.1 Å². The molecule has 0 radical (unpaired) electrons. The van der Waals surface area contributed by atoms with Crippen LogP contribution in [0, 0.1) is 5.82 Å². The average Bonchev–Trinajstić information content (AvgIpc) is 2.90. The van der Waals surface area contributed by atoms with Crippen molar-refractivity contribution in [2.24, 2.45) is 0 Å². The number of nitrogens with one attached hydrogen (secondary N) is 1. The quantitative estimate of drug-likeness (QED) is 0.726. The predicted molar refractivity (Wildman–Crippen MR) is 86.8 cm³/mol. The van der Waals surface area contributed by atoms with Gasteiger partial charge in [0.1, 0.15) is 12.1 Å². The highest BCUT2D eigenvalue weighted by atomic mass is 32.2. The van der Waals surface area contributed by atoms with Gasteiger partial charge in [-0.2, -0.15) is 0 Å². The molecular weight excluding hydrogens is 301 g/mol. The van der Waals surface area contributed by atoms with Gasteiger partial charge >= 0.3 is 0 Å². The van der Waals surface area contributed by atoms with Gasteiger partial charge in [0.2, 0.25) is 0 Å². The molecule has 114 valence electrons. The maximum Gasteiger partial charge on any atom is 0.155 e. The highest BCUT2D eigenvalue weighted by Crippen LogP contribution is 2.31. The number of H-pyrrole nitrogens is 1. The molecule has 0 fully saturated rings. The normalized spacial score (nSPS) is 12.7. The van der Waals surface area contributed by atoms with Gasteiger partial charge in [0.15, 0.2) is 4.90 Å². The van der Waals surface area contributed by atoms with Crippen molar-refractivity contribution >= 4 is 22.1 Å². The lowest BCUT2D eigenvalue weighted by molar-refractivity contribution is 0.299. The molecule has 1 aromatic heterocycles. The standard InChI is InChI=1S/C17H16FNO2S/c1-22(21)17-5-2-11(8-12(17)6-7-20)15-10-19-16-9-13(18)3-4-14(15)16/h2-5,8-10,19-20H,6-7H2,1H3. The molecule has 1 unspecified atom stereocenters. The number of hydrogen-bond acceptors (Lipinski definition) is 2. The minimum atomic E-state index is -1.10. The molecular formula is C17H16FNO2S. The van der Waals surface area contributed by atoms with Crippen molar-refractivity contribution in [2.75, 3.05) is 12.9 Å². The minimum Gasteiger partial charge on any atom is -0.612 e. The minimum absolute atomic E-state index is 0.00670. The Labute approximate surface area is 131 Å². The summed E-state index contributed by atoms with van der Waals surface area (Å²) in [5.74, 6) is -0.279. The average molecular weight is 317 g/mol. The molecule has 1 atom stereocenters. The van der Waals surface area contributed by atoms with E-state index in [4.69, 9.17) is 0 Å². The molecule has 5 heteroatoms. The summed E-state index contributed by atoms with van der Waals surface area (Å²) in [6, 6.07) is 10.3. The van der Waals surface area contributed by atoms with E-state index >= 15 is 0 Å². The van der Waals surface area contributed by atoms with Gasteiger partial charge in [-0.3, -0.25) is 0 Å². The number of aliphatic hydroxyl groups is 1. The number of fused-ring (bicyclic) bond motifs is 1. The summed E-state index contributed by atoms with van der Waals surface area (Å²) in [5.41, 5.74) is 3.53. The molecule has 0 amide bonds. The fourth-order valence-corrected chi connectivity index (χ4v) is 3.47. The first-order valence-corrected chi connectivity index (χ1v) is 8.50. The second kappa shape index (κ2) is 6.12. The van der Waals surface area contributed by atoms with Crippen LogP contribution >= 0.6 is 0 Å². The van der Waals surface area contributed by atoms with Crippen molar-refractivity contribution in [3.05, 3.63) is 54.0 Å². The fraction of sp³-hybridized carbons (Fsp3) is 0.176. The Morgan fingerprint density at radius 1 is 1.23 bits per heavy atom. The molecule has 0 saturated heterocycles. The van der Waals surface area contributed by atoms with Gasteiger partial charge < -0.3 is 14.6 Å². The number of halogens is 1. The molecule has 0 saturated carbocycles. The third-order valence-electron chi connectivity index (χ3n) is 3.71. The predicted octanol–water partition coefficient (Wildman–Crippen LogP) is 3.25. The van der Waals surface area contributed by atoms with Gasteiger partial charge in [-0.05, 0) is 53.1 Å². The summed E-state index contributed by atoms with van der Waals surface area (Å²) in [4.78, 5) is 3.81. The van der Waals surface area contributed by atoms with Gasteiger partial charge in [-0.1, -0.05) is 0 Å². The highest BCUT2D eigenvalue weighted by Gasteiger charge is 2.14. The van der Waals surface area contributed by atoms with Crippen LogP contribution in [-0.4, -0.2) is 27.5 Å². The maximum absolute atomic E-state index is 13.3. The Bertz CT molecular complexity index is 814. The molecule has 22 heavy (non-hydrogen) atoms. The zero-order valence-corrected chi connectivity index (χ0v) is 12.9. The molecule has 3 rings (SSSR count). The van der Waals surface area contributed by atoms with Crippen LogP contribution in [0.2, 0.25) is 0 Å². The smallest absolute Gasteiger partial charge is 0.155 e. The van der Waals surface area contributed by atoms with E-state index in [2.05, 4.69) is 4.98 Å². The molecule has 3 nitrogen and oxygen atoms in total. The van der Waals surface area contributed by atoms with Crippen molar-refractivity contribution in [3.63, 3.8) is 0 Å². The first-order chi connectivity index (χ1) is 10.6. The summed E-state index contributed by atoms with van der Waals surface area (Å²) in [6.07, 6.45) is 3.93. The van der Waals surface area contributed by atoms with Crippen LogP contribution < -0.4 is 0 Å². The molecule has 0 aliphatic carbocycles. The lowest BCUT2D eigenvalue weighted by Crippen LogP contribution is -2.04. The molecule has 2 N–H and O–H groups in total. The fourth-order valence-electron chi connectivity index (χ4n) is 2.68. The summed E-state index contributed by atoms with van der Waals surface area (Å²) in [7, 11) is 0. The van der Waals surface area contributed by atoms with Crippen LogP contribution in [-0.2, 0) is 17.6 Å². The van der Waals surface area contributed by atoms with E-state index in [1.54, 1.807) is 12.3 Å². The van der Waals surface area contributed by atoms with Crippen LogP contribution in [0.4, 0.5) is 4.39 Å². The van der Waals surface area contributed by atoms with Crippen molar-refractivity contribution in [2.45, 2.75) is 11.3 Å². The zero-order valence-electron chi connectivity index (χ0n) is 12.1. The summed E-state index contributed by atoms with van der Waals surface area (Å²) in [6.45, 7) is 0.00670. The molecule has 0 bridgehead atoms. The molecule has 3 aromatic rings. The Morgan fingerprint density at radius 2 is 2.05 bits per heavy atom. The van der Waals surface area contributed by atoms with Gasteiger partial charge in [0, 0.05) is 41.3 Å². The molecule has 0 aliphatic rings. The SMILES string of the molecule is C[S+]([O-])c1ccc(-c2c[nH]c3cc(F)ccc23)cc1CCO. The van der Waals surface area contributed by atoms with E-state index < -0.39 is 11.2 Å². The zero-order chi connectivity index (χ0) is 15.7. The largest absolute Gasteiger partial charge is 0.612 e. The van der Waals surface area contributed by atoms with Crippen LogP contribution in [0.15, 0.2) is 47.5 Å². The van der Waals surface area contributed by atoms with Gasteiger partial charge in [-0.25, -0.2) is 4.39 Å². The van der Waals surface area contributed by atoms with Gasteiger partial charge in [0.25, 0.3) is 0 Å². The Morgan fingerprint density at radius 3 is 2.77 bits per heavy atom. The van der Waals surface area contributed by atoms with Crippen LogP contribution in [0.1, 0.15) is 5.56 Å². The summed E-state index contributed by atoms with van der Waals surface area (Å²) < 4.78 is 25.0. The Hall–Kier alpha value is -1.82. The molecule has 0 aliphatic heterocycles. The van der Waals surface area contributed by atoms with E-state index in [0.717, 1.165) is 32.5 Å². The second-order valence-corrected chi connectivity index (χ2v) is 6.49. The number of rotatable bonds is 4. The molecule has 0 spiro atoms. The number of hydrogen-bond donors (Lipinski definition) is 2. The summed E-state index contributed by atoms with van der Waals surface area (Å²) >= 11 is -1.10. The third kappa shape index (κ3) is 2.75. The van der Waals surface area contributed by atoms with Crippen molar-refractivity contribution in [3.8, 4) is 11.1 Å². The van der Waals surface area contributed by atoms with Gasteiger partial charge in [-0.15, -0.1) is 0 Å². The van der Waals surface area contributed by atoms with Crippen molar-refractivity contribution < 1.29 is 14.0 Å². The van der Waals surface area contributed by atoms with E-state index in [9.17, 15) is 14.0 Å². The monoisotopic (exact) mass is 317 g/mol. The Kier molecular flexibility index (Phi) is 4.20. The van der Waals surface area contributed by atoms with Crippen LogP contribution in [0.3, 0.4) is 0 Å². The maximum atomic E-state index is 13.3. The number of aliphatic hydroxyl groups excluding tert-OH is 1. The lowest BCUT2D eigenvalue weighted by Gasteiger charge is -2.11. The molecule has 1 heterocycles. The van der Waals surface area contributed by atoms with Crippen LogP contribution in [0.5, 0.6) is 0 Å². The third-order valence-corrected chi connectivity index (χ3v) is 4.72. The second-order valence-electron chi connectivity index (χ2n) is 5.14. The van der Waals surface area contributed by atoms with E-state index in [-0.39, 0.29) is 12.4 Å². The molecule has 2 aromatic carbocycles. The highest BCUT2D eigenvalue weighted by molar-refractivity contribution is 7.90.